The van der Waals surface area contributed by atoms with Crippen LogP contribution in [0.1, 0.15) is 28.3 Å². The minimum Gasteiger partial charge on any atom is -0.378 e. The van der Waals surface area contributed by atoms with Gasteiger partial charge < -0.3 is 14.2 Å². The number of carbonyl (C=O) groups is 2. The summed E-state index contributed by atoms with van der Waals surface area (Å²) in [7, 11) is 2.00. The van der Waals surface area contributed by atoms with Gasteiger partial charge in [-0.2, -0.15) is 0 Å². The highest BCUT2D eigenvalue weighted by Crippen LogP contribution is 2.28. The number of carbonyl (C=O) groups excluding carboxylic acids is 2. The van der Waals surface area contributed by atoms with E-state index in [-0.39, 0.29) is 18.1 Å². The van der Waals surface area contributed by atoms with Crippen molar-refractivity contribution < 1.29 is 14.3 Å². The largest absolute Gasteiger partial charge is 0.378 e. The topological polar surface area (TPSA) is 51.5 Å². The van der Waals surface area contributed by atoms with Crippen LogP contribution in [0.5, 0.6) is 0 Å². The number of morpholine rings is 1. The monoisotopic (exact) mass is 376 g/mol. The summed E-state index contributed by atoms with van der Waals surface area (Å²) in [6.07, 6.45) is 2.17. The van der Waals surface area contributed by atoms with E-state index in [0.717, 1.165) is 16.5 Å². The minimum atomic E-state index is -0.490. The number of fused-ring (bicyclic) bond motifs is 1. The molecule has 0 radical (unpaired) electrons. The Hall–Kier alpha value is -2.92. The zero-order valence-corrected chi connectivity index (χ0v) is 16.0. The molecule has 5 heteroatoms. The molecule has 28 heavy (non-hydrogen) atoms. The lowest BCUT2D eigenvalue weighted by Crippen LogP contribution is -2.43. The molecule has 1 amide bonds. The standard InChI is InChI=1S/C23H24N2O3/c1-24-10-9-19-15-18(7-8-21(19)24)20(23(27)25-11-13-28-14-12-25)16-22(26)17-5-3-2-4-6-17/h2-10,15,20H,11-14,16H2,1H3/t20-/m1/s1. The summed E-state index contributed by atoms with van der Waals surface area (Å²) in [4.78, 5) is 28.0. The first kappa shape index (κ1) is 18.4. The highest BCUT2D eigenvalue weighted by molar-refractivity contribution is 6.00. The number of rotatable bonds is 5. The van der Waals surface area contributed by atoms with E-state index in [4.69, 9.17) is 4.74 Å². The molecule has 2 aromatic carbocycles. The SMILES string of the molecule is Cn1ccc2cc([C@@H](CC(=O)c3ccccc3)C(=O)N3CCOCC3)ccc21. The average Bonchev–Trinajstić information content (AvgIpc) is 3.12. The summed E-state index contributed by atoms with van der Waals surface area (Å²) >= 11 is 0. The number of ether oxygens (including phenoxy) is 1. The fourth-order valence-corrected chi connectivity index (χ4v) is 3.80. The molecule has 1 atom stereocenters. The Morgan fingerprint density at radius 2 is 1.79 bits per heavy atom. The predicted octanol–water partition coefficient (Wildman–Crippen LogP) is 3.39. The first-order valence-electron chi connectivity index (χ1n) is 9.63. The first-order valence-corrected chi connectivity index (χ1v) is 9.63. The van der Waals surface area contributed by atoms with Crippen LogP contribution in [-0.4, -0.2) is 47.5 Å². The van der Waals surface area contributed by atoms with E-state index in [0.29, 0.717) is 31.9 Å². The van der Waals surface area contributed by atoms with Crippen LogP contribution in [0.3, 0.4) is 0 Å². The maximum absolute atomic E-state index is 13.3. The van der Waals surface area contributed by atoms with Crippen molar-refractivity contribution in [3.05, 3.63) is 71.9 Å². The number of benzene rings is 2. The van der Waals surface area contributed by atoms with Gasteiger partial charge in [-0.05, 0) is 29.1 Å². The molecular formula is C23H24N2O3. The summed E-state index contributed by atoms with van der Waals surface area (Å²) < 4.78 is 7.43. The Morgan fingerprint density at radius 1 is 1.04 bits per heavy atom. The summed E-state index contributed by atoms with van der Waals surface area (Å²) in [6.45, 7) is 2.23. The van der Waals surface area contributed by atoms with E-state index in [1.165, 1.54) is 0 Å². The smallest absolute Gasteiger partial charge is 0.230 e. The molecule has 1 fully saturated rings. The normalized spacial score (nSPS) is 15.5. The van der Waals surface area contributed by atoms with Gasteiger partial charge in [-0.25, -0.2) is 0 Å². The molecule has 1 aromatic heterocycles. The molecule has 144 valence electrons. The summed E-state index contributed by atoms with van der Waals surface area (Å²) in [5.74, 6) is -0.501. The molecule has 3 aromatic rings. The van der Waals surface area contributed by atoms with E-state index < -0.39 is 5.92 Å². The second-order valence-electron chi connectivity index (χ2n) is 7.23. The van der Waals surface area contributed by atoms with Gasteiger partial charge >= 0.3 is 0 Å². The number of ketones is 1. The molecule has 0 unspecified atom stereocenters. The molecule has 2 heterocycles. The van der Waals surface area contributed by atoms with Gasteiger partial charge in [0.05, 0.1) is 19.1 Å². The number of nitrogens with zero attached hydrogens (tertiary/aromatic N) is 2. The van der Waals surface area contributed by atoms with Crippen molar-refractivity contribution in [2.24, 2.45) is 7.05 Å². The molecule has 5 nitrogen and oxygen atoms in total. The molecule has 0 bridgehead atoms. The molecule has 1 saturated heterocycles. The van der Waals surface area contributed by atoms with Crippen molar-refractivity contribution in [1.29, 1.82) is 0 Å². The van der Waals surface area contributed by atoms with Crippen LogP contribution in [0, 0.1) is 0 Å². The molecule has 0 spiro atoms. The van der Waals surface area contributed by atoms with Crippen LogP contribution in [-0.2, 0) is 16.6 Å². The fourth-order valence-electron chi connectivity index (χ4n) is 3.80. The zero-order valence-electron chi connectivity index (χ0n) is 16.0. The Kier molecular flexibility index (Phi) is 5.26. The summed E-state index contributed by atoms with van der Waals surface area (Å²) in [5.41, 5.74) is 2.64. The number of hydrogen-bond acceptors (Lipinski definition) is 3. The van der Waals surface area contributed by atoms with Crippen molar-refractivity contribution in [3.63, 3.8) is 0 Å². The van der Waals surface area contributed by atoms with E-state index in [1.807, 2.05) is 65.2 Å². The highest BCUT2D eigenvalue weighted by Gasteiger charge is 2.29. The number of aryl methyl sites for hydroxylation is 1. The third-order valence-corrected chi connectivity index (χ3v) is 5.42. The third kappa shape index (κ3) is 3.71. The summed E-state index contributed by atoms with van der Waals surface area (Å²) in [6, 6.07) is 17.3. The predicted molar refractivity (Wildman–Crippen MR) is 108 cm³/mol. The van der Waals surface area contributed by atoms with Crippen molar-refractivity contribution in [2.45, 2.75) is 12.3 Å². The van der Waals surface area contributed by atoms with E-state index in [9.17, 15) is 9.59 Å². The molecule has 4 rings (SSSR count). The lowest BCUT2D eigenvalue weighted by Gasteiger charge is -2.30. The van der Waals surface area contributed by atoms with Crippen molar-refractivity contribution >= 4 is 22.6 Å². The van der Waals surface area contributed by atoms with Gasteiger partial charge in [0, 0.05) is 43.8 Å². The van der Waals surface area contributed by atoms with Gasteiger partial charge in [0.2, 0.25) is 5.91 Å². The molecule has 0 saturated carbocycles. The zero-order chi connectivity index (χ0) is 19.5. The van der Waals surface area contributed by atoms with E-state index >= 15 is 0 Å². The van der Waals surface area contributed by atoms with Gasteiger partial charge in [-0.15, -0.1) is 0 Å². The Balaban J connectivity index is 1.67. The van der Waals surface area contributed by atoms with Gasteiger partial charge in [0.1, 0.15) is 0 Å². The van der Waals surface area contributed by atoms with Crippen LogP contribution in [0.4, 0.5) is 0 Å². The van der Waals surface area contributed by atoms with Crippen LogP contribution < -0.4 is 0 Å². The second kappa shape index (κ2) is 7.98. The summed E-state index contributed by atoms with van der Waals surface area (Å²) in [5, 5.41) is 1.08. The van der Waals surface area contributed by atoms with Crippen molar-refractivity contribution in [2.75, 3.05) is 26.3 Å². The van der Waals surface area contributed by atoms with E-state index in [2.05, 4.69) is 0 Å². The molecule has 0 N–H and O–H groups in total. The molecule has 1 aliphatic heterocycles. The lowest BCUT2D eigenvalue weighted by atomic mass is 9.89. The second-order valence-corrected chi connectivity index (χ2v) is 7.23. The maximum Gasteiger partial charge on any atom is 0.230 e. The van der Waals surface area contributed by atoms with Crippen LogP contribution in [0.15, 0.2) is 60.8 Å². The highest BCUT2D eigenvalue weighted by atomic mass is 16.5. The molecule has 1 aliphatic rings. The van der Waals surface area contributed by atoms with Crippen molar-refractivity contribution in [3.8, 4) is 0 Å². The Morgan fingerprint density at radius 3 is 2.54 bits per heavy atom. The van der Waals surface area contributed by atoms with Gasteiger partial charge in [-0.1, -0.05) is 36.4 Å². The maximum atomic E-state index is 13.3. The van der Waals surface area contributed by atoms with Crippen molar-refractivity contribution in [1.82, 2.24) is 9.47 Å². The van der Waals surface area contributed by atoms with Gasteiger partial charge in [0.15, 0.2) is 5.78 Å². The Bertz CT molecular complexity index is 988. The number of Topliss-reactive ketones (excluding diaryl/α,β-unsaturated/α-hetero) is 1. The average molecular weight is 376 g/mol. The van der Waals surface area contributed by atoms with Crippen LogP contribution >= 0.6 is 0 Å². The molecular weight excluding hydrogens is 352 g/mol. The molecule has 0 aliphatic carbocycles. The fraction of sp³-hybridized carbons (Fsp3) is 0.304. The van der Waals surface area contributed by atoms with E-state index in [1.54, 1.807) is 12.1 Å². The first-order chi connectivity index (χ1) is 13.6. The number of hydrogen-bond donors (Lipinski definition) is 0. The Labute approximate surface area is 164 Å². The minimum absolute atomic E-state index is 0.00265. The number of aromatic nitrogens is 1. The third-order valence-electron chi connectivity index (χ3n) is 5.42. The van der Waals surface area contributed by atoms with Crippen LogP contribution in [0.25, 0.3) is 10.9 Å². The number of amides is 1. The van der Waals surface area contributed by atoms with Gasteiger partial charge in [0.25, 0.3) is 0 Å². The van der Waals surface area contributed by atoms with Gasteiger partial charge in [-0.3, -0.25) is 9.59 Å². The lowest BCUT2D eigenvalue weighted by molar-refractivity contribution is -0.136. The quantitative estimate of drug-likeness (QED) is 0.642. The van der Waals surface area contributed by atoms with Crippen LogP contribution in [0.2, 0.25) is 0 Å².